The molecule has 3 heteroatoms. The number of hydrogen-bond donors (Lipinski definition) is 0. The Balaban J connectivity index is 1.88. The van der Waals surface area contributed by atoms with Crippen molar-refractivity contribution in [2.45, 2.75) is 26.7 Å². The number of halogens is 2. The highest BCUT2D eigenvalue weighted by Crippen LogP contribution is 2.67. The fourth-order valence-electron chi connectivity index (χ4n) is 3.26. The first-order valence-corrected chi connectivity index (χ1v) is 8.52. The Morgan fingerprint density at radius 3 is 2.26 bits per heavy atom. The number of allylic oxidation sites excluding steroid dienone is 1. The minimum atomic E-state index is 0.00197. The van der Waals surface area contributed by atoms with Crippen LogP contribution in [0.2, 0.25) is 0 Å². The lowest BCUT2D eigenvalue weighted by molar-refractivity contribution is 0.440. The highest BCUT2D eigenvalue weighted by molar-refractivity contribution is 6.55. The minimum Gasteiger partial charge on any atom is -0.457 e. The Hall–Kier alpha value is -1.44. The Kier molecular flexibility index (Phi) is 4.44. The number of para-hydroxylation sites is 2. The van der Waals surface area contributed by atoms with E-state index in [-0.39, 0.29) is 10.8 Å². The van der Waals surface area contributed by atoms with Gasteiger partial charge >= 0.3 is 0 Å². The maximum absolute atomic E-state index is 6.07. The van der Waals surface area contributed by atoms with E-state index in [4.69, 9.17) is 27.9 Å². The summed E-state index contributed by atoms with van der Waals surface area (Å²) in [5.74, 6) is 1.73. The molecule has 1 aliphatic carbocycles. The van der Waals surface area contributed by atoms with Crippen molar-refractivity contribution in [3.8, 4) is 11.5 Å². The second-order valence-electron chi connectivity index (χ2n) is 6.85. The molecule has 2 aromatic rings. The van der Waals surface area contributed by atoms with E-state index >= 15 is 0 Å². The first kappa shape index (κ1) is 16.4. The smallest absolute Gasteiger partial charge is 0.130 e. The predicted molar refractivity (Wildman–Crippen MR) is 97.3 cm³/mol. The van der Waals surface area contributed by atoms with Gasteiger partial charge in [-0.05, 0) is 48.1 Å². The zero-order valence-electron chi connectivity index (χ0n) is 13.4. The average Bonchev–Trinajstić information content (AvgIpc) is 3.01. The Bertz CT molecular complexity index is 717. The molecule has 1 nitrogen and oxygen atoms in total. The second kappa shape index (κ2) is 6.22. The molecule has 3 rings (SSSR count). The van der Waals surface area contributed by atoms with Crippen molar-refractivity contribution >= 4 is 23.2 Å². The quantitative estimate of drug-likeness (QED) is 0.581. The van der Waals surface area contributed by atoms with Crippen LogP contribution in [-0.4, -0.2) is 0 Å². The molecule has 0 aliphatic heterocycles. The third-order valence-corrected chi connectivity index (χ3v) is 5.03. The first-order chi connectivity index (χ1) is 10.9. The predicted octanol–water partition coefficient (Wildman–Crippen LogP) is 6.76. The normalized spacial score (nSPS) is 21.6. The van der Waals surface area contributed by atoms with Crippen molar-refractivity contribution in [1.29, 1.82) is 0 Å². The summed E-state index contributed by atoms with van der Waals surface area (Å²) in [6, 6.07) is 18.0. The third-order valence-electron chi connectivity index (χ3n) is 4.82. The van der Waals surface area contributed by atoms with Crippen molar-refractivity contribution < 1.29 is 4.74 Å². The van der Waals surface area contributed by atoms with Gasteiger partial charge in [-0.15, -0.1) is 0 Å². The third kappa shape index (κ3) is 3.57. The molecule has 0 aromatic heterocycles. The highest BCUT2D eigenvalue weighted by atomic mass is 35.5. The lowest BCUT2D eigenvalue weighted by Gasteiger charge is -2.19. The second-order valence-corrected chi connectivity index (χ2v) is 7.86. The van der Waals surface area contributed by atoms with E-state index in [9.17, 15) is 0 Å². The van der Waals surface area contributed by atoms with E-state index < -0.39 is 0 Å². The Morgan fingerprint density at radius 2 is 1.65 bits per heavy atom. The maximum Gasteiger partial charge on any atom is 0.130 e. The van der Waals surface area contributed by atoms with Gasteiger partial charge in [0.25, 0.3) is 0 Å². The molecule has 1 fully saturated rings. The van der Waals surface area contributed by atoms with Gasteiger partial charge in [0, 0.05) is 5.41 Å². The molecule has 0 spiro atoms. The van der Waals surface area contributed by atoms with Crippen LogP contribution in [0.3, 0.4) is 0 Å². The maximum atomic E-state index is 6.07. The monoisotopic (exact) mass is 346 g/mol. The Morgan fingerprint density at radius 1 is 1.04 bits per heavy atom. The highest BCUT2D eigenvalue weighted by Gasteiger charge is 2.59. The fraction of sp³-hybridized carbons (Fsp3) is 0.300. The van der Waals surface area contributed by atoms with Crippen LogP contribution in [0.1, 0.15) is 25.8 Å². The number of ether oxygens (including phenoxy) is 1. The topological polar surface area (TPSA) is 9.23 Å². The summed E-state index contributed by atoms with van der Waals surface area (Å²) in [6.07, 6.45) is 3.93. The fourth-order valence-corrected chi connectivity index (χ4v) is 3.68. The molecule has 1 unspecified atom stereocenters. The van der Waals surface area contributed by atoms with Crippen molar-refractivity contribution in [3.63, 3.8) is 0 Å². The Labute approximate surface area is 147 Å². The van der Waals surface area contributed by atoms with Crippen LogP contribution in [0.5, 0.6) is 11.5 Å². The minimum absolute atomic E-state index is 0.00197. The van der Waals surface area contributed by atoms with Gasteiger partial charge in [0.2, 0.25) is 0 Å². The number of rotatable bonds is 5. The molecule has 0 heterocycles. The summed E-state index contributed by atoms with van der Waals surface area (Å²) in [5, 5.41) is 0. The van der Waals surface area contributed by atoms with Gasteiger partial charge in [-0.1, -0.05) is 73.4 Å². The van der Waals surface area contributed by atoms with Crippen LogP contribution >= 0.6 is 23.2 Å². The molecule has 23 heavy (non-hydrogen) atoms. The van der Waals surface area contributed by atoms with E-state index in [1.807, 2.05) is 54.6 Å². The van der Waals surface area contributed by atoms with Crippen molar-refractivity contribution in [2.75, 3.05) is 0 Å². The van der Waals surface area contributed by atoms with Crippen LogP contribution in [0, 0.1) is 10.8 Å². The van der Waals surface area contributed by atoms with Crippen molar-refractivity contribution in [1.82, 2.24) is 0 Å². The van der Waals surface area contributed by atoms with Crippen LogP contribution in [0.25, 0.3) is 0 Å². The molecule has 0 radical (unpaired) electrons. The van der Waals surface area contributed by atoms with Crippen molar-refractivity contribution in [3.05, 3.63) is 70.7 Å². The van der Waals surface area contributed by atoms with Crippen LogP contribution in [0.4, 0.5) is 0 Å². The first-order valence-electron chi connectivity index (χ1n) is 7.77. The molecule has 1 saturated carbocycles. The molecule has 2 aromatic carbocycles. The molecule has 0 amide bonds. The lowest BCUT2D eigenvalue weighted by Crippen LogP contribution is -2.10. The molecular formula is C20H20Cl2O. The van der Waals surface area contributed by atoms with E-state index in [0.29, 0.717) is 4.49 Å². The summed E-state index contributed by atoms with van der Waals surface area (Å²) in [5.41, 5.74) is 1.37. The lowest BCUT2D eigenvalue weighted by atomic mass is 9.88. The standard InChI is InChI=1S/C20H20Cl2O/c1-19(2)14-20(19,13-18(21)22)12-15-8-6-7-11-17(15)23-16-9-4-3-5-10-16/h3-11,13H,12,14H2,1-2H3. The van der Waals surface area contributed by atoms with Gasteiger partial charge in [-0.3, -0.25) is 0 Å². The van der Waals surface area contributed by atoms with Gasteiger partial charge in [0.1, 0.15) is 16.0 Å². The molecule has 120 valence electrons. The summed E-state index contributed by atoms with van der Waals surface area (Å²) < 4.78 is 6.41. The van der Waals surface area contributed by atoms with Gasteiger partial charge in [0.15, 0.2) is 0 Å². The molecule has 0 bridgehead atoms. The van der Waals surface area contributed by atoms with Crippen LogP contribution < -0.4 is 4.74 Å². The summed E-state index contributed by atoms with van der Waals surface area (Å²) in [7, 11) is 0. The zero-order valence-corrected chi connectivity index (χ0v) is 14.9. The van der Waals surface area contributed by atoms with E-state index in [0.717, 1.165) is 24.3 Å². The molecule has 1 aliphatic rings. The van der Waals surface area contributed by atoms with E-state index in [2.05, 4.69) is 19.9 Å². The SMILES string of the molecule is CC1(C)CC1(C=C(Cl)Cl)Cc1ccccc1Oc1ccccc1. The van der Waals surface area contributed by atoms with Crippen LogP contribution in [-0.2, 0) is 6.42 Å². The largest absolute Gasteiger partial charge is 0.457 e. The molecule has 1 atom stereocenters. The molecule has 0 N–H and O–H groups in total. The molecular weight excluding hydrogens is 327 g/mol. The van der Waals surface area contributed by atoms with Gasteiger partial charge in [0.05, 0.1) is 0 Å². The molecule has 0 saturated heterocycles. The summed E-state index contributed by atoms with van der Waals surface area (Å²) in [6.45, 7) is 4.50. The summed E-state index contributed by atoms with van der Waals surface area (Å²) in [4.78, 5) is 0. The number of hydrogen-bond acceptors (Lipinski definition) is 1. The van der Waals surface area contributed by atoms with Gasteiger partial charge < -0.3 is 4.74 Å². The van der Waals surface area contributed by atoms with E-state index in [1.165, 1.54) is 5.56 Å². The van der Waals surface area contributed by atoms with E-state index in [1.54, 1.807) is 0 Å². The summed E-state index contributed by atoms with van der Waals surface area (Å²) >= 11 is 11.9. The number of benzene rings is 2. The van der Waals surface area contributed by atoms with Crippen LogP contribution in [0.15, 0.2) is 65.2 Å². The average molecular weight is 347 g/mol. The van der Waals surface area contributed by atoms with Gasteiger partial charge in [-0.25, -0.2) is 0 Å². The van der Waals surface area contributed by atoms with Crippen molar-refractivity contribution in [2.24, 2.45) is 10.8 Å². The zero-order chi connectivity index (χ0) is 16.5. The van der Waals surface area contributed by atoms with Gasteiger partial charge in [-0.2, -0.15) is 0 Å².